The van der Waals surface area contributed by atoms with Crippen LogP contribution in [0, 0.1) is 0 Å². The van der Waals surface area contributed by atoms with Gasteiger partial charge in [0.2, 0.25) is 0 Å². The molecule has 0 aliphatic rings. The molecule has 0 bridgehead atoms. The molecule has 0 aliphatic carbocycles. The molecular formula is C10H15NO5. The van der Waals surface area contributed by atoms with Gasteiger partial charge in [0.05, 0.1) is 0 Å². The highest BCUT2D eigenvalue weighted by Crippen LogP contribution is 2.23. The van der Waals surface area contributed by atoms with E-state index in [1.54, 1.807) is 14.0 Å². The number of carbonyl (C=O) groups is 1. The summed E-state index contributed by atoms with van der Waals surface area (Å²) in [7, 11) is 1.61. The van der Waals surface area contributed by atoms with Gasteiger partial charge in [0, 0.05) is 18.2 Å². The lowest BCUT2D eigenvalue weighted by molar-refractivity contribution is -0.138. The van der Waals surface area contributed by atoms with Gasteiger partial charge in [-0.05, 0) is 14.0 Å². The molecule has 90 valence electrons. The molecule has 16 heavy (non-hydrogen) atoms. The molecule has 0 spiro atoms. The first-order valence-electron chi connectivity index (χ1n) is 4.49. The summed E-state index contributed by atoms with van der Waals surface area (Å²) in [6, 6.07) is 2.99. The highest BCUT2D eigenvalue weighted by atomic mass is 16.4. The maximum Gasteiger partial charge on any atom is 0.320 e. The molecule has 0 heterocycles. The maximum absolute atomic E-state index is 9.87. The fraction of sp³-hybridized carbons (Fsp3) is 0.300. The smallest absolute Gasteiger partial charge is 0.320 e. The van der Waals surface area contributed by atoms with Gasteiger partial charge in [0.1, 0.15) is 23.3 Å². The molecule has 1 aromatic carbocycles. The summed E-state index contributed by atoms with van der Waals surface area (Å²) in [5, 5.41) is 36.7. The molecule has 1 unspecified atom stereocenters. The van der Waals surface area contributed by atoms with Crippen LogP contribution in [0.15, 0.2) is 18.2 Å². The molecule has 5 N–H and O–H groups in total. The molecule has 0 fully saturated rings. The summed E-state index contributed by atoms with van der Waals surface area (Å²) in [6.07, 6.45) is 0. The van der Waals surface area contributed by atoms with Gasteiger partial charge in [-0.1, -0.05) is 0 Å². The highest BCUT2D eigenvalue weighted by molar-refractivity contribution is 5.72. The van der Waals surface area contributed by atoms with E-state index in [0.29, 0.717) is 0 Å². The van der Waals surface area contributed by atoms with Crippen molar-refractivity contribution in [2.45, 2.75) is 13.0 Å². The van der Waals surface area contributed by atoms with E-state index in [0.717, 1.165) is 18.2 Å². The number of hydrogen-bond acceptors (Lipinski definition) is 5. The van der Waals surface area contributed by atoms with Crippen LogP contribution in [-0.2, 0) is 4.79 Å². The number of hydrogen-bond donors (Lipinski definition) is 5. The van der Waals surface area contributed by atoms with Crippen molar-refractivity contribution >= 4 is 5.97 Å². The van der Waals surface area contributed by atoms with Crippen LogP contribution in [0.25, 0.3) is 0 Å². The van der Waals surface area contributed by atoms with Crippen molar-refractivity contribution in [3.8, 4) is 17.2 Å². The van der Waals surface area contributed by atoms with Crippen molar-refractivity contribution < 1.29 is 25.2 Å². The molecule has 6 nitrogen and oxygen atoms in total. The third-order valence-electron chi connectivity index (χ3n) is 1.69. The number of carboxylic acid groups (broad SMARTS) is 1. The average molecular weight is 229 g/mol. The lowest BCUT2D eigenvalue weighted by Gasteiger charge is -1.99. The molecule has 6 heteroatoms. The monoisotopic (exact) mass is 229 g/mol. The predicted molar refractivity (Wildman–Crippen MR) is 57.6 cm³/mol. The number of nitrogens with one attached hydrogen (secondary N) is 1. The standard InChI is InChI=1S/C6H6O3.C4H9NO2/c7-4-1-5(8)3-6(9)2-4;1-3(5-2)4(6)7/h1-3,7-9H;3,5H,1-2H3,(H,6,7). The molecule has 1 rings (SSSR count). The Hall–Kier alpha value is -1.95. The number of phenols is 3. The quantitative estimate of drug-likeness (QED) is 0.504. The number of likely N-dealkylation sites (N-methyl/N-ethyl adjacent to an activating group) is 1. The second kappa shape index (κ2) is 6.52. The van der Waals surface area contributed by atoms with Gasteiger partial charge < -0.3 is 25.7 Å². The van der Waals surface area contributed by atoms with Crippen LogP contribution >= 0.6 is 0 Å². The van der Waals surface area contributed by atoms with E-state index in [1.165, 1.54) is 0 Å². The maximum atomic E-state index is 9.87. The van der Waals surface area contributed by atoms with Crippen LogP contribution < -0.4 is 5.32 Å². The lowest BCUT2D eigenvalue weighted by atomic mass is 10.3. The van der Waals surface area contributed by atoms with E-state index >= 15 is 0 Å². The molecule has 1 atom stereocenters. The minimum Gasteiger partial charge on any atom is -0.508 e. The molecule has 0 aliphatic heterocycles. The molecule has 0 amide bonds. The third kappa shape index (κ3) is 5.71. The molecule has 1 aromatic rings. The fourth-order valence-corrected chi connectivity index (χ4v) is 0.703. The van der Waals surface area contributed by atoms with Gasteiger partial charge in [-0.15, -0.1) is 0 Å². The Morgan fingerprint density at radius 1 is 1.12 bits per heavy atom. The number of benzene rings is 1. The summed E-state index contributed by atoms with van der Waals surface area (Å²) in [6.45, 7) is 1.59. The minimum absolute atomic E-state index is 0.146. The first kappa shape index (κ1) is 14.1. The third-order valence-corrected chi connectivity index (χ3v) is 1.69. The van der Waals surface area contributed by atoms with E-state index in [2.05, 4.69) is 5.32 Å². The van der Waals surface area contributed by atoms with Crippen LogP contribution in [0.5, 0.6) is 17.2 Å². The second-order valence-corrected chi connectivity index (χ2v) is 3.06. The van der Waals surface area contributed by atoms with Gasteiger partial charge in [-0.25, -0.2) is 0 Å². The number of aromatic hydroxyl groups is 3. The van der Waals surface area contributed by atoms with Gasteiger partial charge in [-0.2, -0.15) is 0 Å². The lowest BCUT2D eigenvalue weighted by Crippen LogP contribution is -2.29. The van der Waals surface area contributed by atoms with Crippen molar-refractivity contribution in [1.29, 1.82) is 0 Å². The highest BCUT2D eigenvalue weighted by Gasteiger charge is 2.04. The van der Waals surface area contributed by atoms with Crippen LogP contribution in [0.4, 0.5) is 0 Å². The Kier molecular flexibility index (Phi) is 5.72. The first-order chi connectivity index (χ1) is 7.36. The second-order valence-electron chi connectivity index (χ2n) is 3.06. The number of phenolic OH excluding ortho intramolecular Hbond substituents is 3. The van der Waals surface area contributed by atoms with Crippen molar-refractivity contribution in [2.75, 3.05) is 7.05 Å². The topological polar surface area (TPSA) is 110 Å². The zero-order valence-corrected chi connectivity index (χ0v) is 9.01. The van der Waals surface area contributed by atoms with Gasteiger partial charge >= 0.3 is 5.97 Å². The van der Waals surface area contributed by atoms with Crippen molar-refractivity contribution in [2.24, 2.45) is 0 Å². The van der Waals surface area contributed by atoms with E-state index < -0.39 is 12.0 Å². The van der Waals surface area contributed by atoms with Crippen molar-refractivity contribution in [1.82, 2.24) is 5.32 Å². The summed E-state index contributed by atoms with van der Waals surface area (Å²) >= 11 is 0. The Balaban J connectivity index is 0.000000293. The SMILES string of the molecule is CNC(C)C(=O)O.Oc1cc(O)cc(O)c1. The molecule has 0 aromatic heterocycles. The Morgan fingerprint density at radius 2 is 1.44 bits per heavy atom. The van der Waals surface area contributed by atoms with E-state index in [4.69, 9.17) is 20.4 Å². The van der Waals surface area contributed by atoms with Gasteiger partial charge in [0.25, 0.3) is 0 Å². The van der Waals surface area contributed by atoms with Gasteiger partial charge in [-0.3, -0.25) is 4.79 Å². The zero-order chi connectivity index (χ0) is 12.7. The molecule has 0 radical (unpaired) electrons. The molecule has 0 saturated carbocycles. The van der Waals surface area contributed by atoms with Crippen molar-refractivity contribution in [3.05, 3.63) is 18.2 Å². The van der Waals surface area contributed by atoms with E-state index in [1.807, 2.05) is 0 Å². The predicted octanol–water partition coefficient (Wildman–Crippen LogP) is 0.482. The number of rotatable bonds is 2. The fourth-order valence-electron chi connectivity index (χ4n) is 0.703. The summed E-state index contributed by atoms with van der Waals surface area (Å²) in [5.41, 5.74) is 0. The summed E-state index contributed by atoms with van der Waals surface area (Å²) in [5.74, 6) is -1.25. The van der Waals surface area contributed by atoms with E-state index in [9.17, 15) is 4.79 Å². The number of carboxylic acids is 1. The normalized spacial score (nSPS) is 11.1. The Morgan fingerprint density at radius 3 is 1.56 bits per heavy atom. The molecule has 0 saturated heterocycles. The Bertz CT molecular complexity index is 303. The summed E-state index contributed by atoms with van der Waals surface area (Å²) < 4.78 is 0. The van der Waals surface area contributed by atoms with Crippen LogP contribution in [0.3, 0.4) is 0 Å². The minimum atomic E-state index is -0.817. The zero-order valence-electron chi connectivity index (χ0n) is 9.01. The first-order valence-corrected chi connectivity index (χ1v) is 4.49. The largest absolute Gasteiger partial charge is 0.508 e. The van der Waals surface area contributed by atoms with Crippen LogP contribution in [-0.4, -0.2) is 39.5 Å². The van der Waals surface area contributed by atoms with E-state index in [-0.39, 0.29) is 17.2 Å². The number of aliphatic carboxylic acids is 1. The van der Waals surface area contributed by atoms with Crippen LogP contribution in [0.2, 0.25) is 0 Å². The van der Waals surface area contributed by atoms with Crippen LogP contribution in [0.1, 0.15) is 6.92 Å². The summed E-state index contributed by atoms with van der Waals surface area (Å²) in [4.78, 5) is 9.87. The Labute approximate surface area is 92.8 Å². The average Bonchev–Trinajstić information content (AvgIpc) is 2.15. The van der Waals surface area contributed by atoms with Crippen molar-refractivity contribution in [3.63, 3.8) is 0 Å². The van der Waals surface area contributed by atoms with Gasteiger partial charge in [0.15, 0.2) is 0 Å². The molecular weight excluding hydrogens is 214 g/mol.